The van der Waals surface area contributed by atoms with Crippen LogP contribution in [0, 0.1) is 11.8 Å². The third-order valence-electron chi connectivity index (χ3n) is 5.39. The Kier molecular flexibility index (Phi) is 6.69. The quantitative estimate of drug-likeness (QED) is 0.540. The van der Waals surface area contributed by atoms with Gasteiger partial charge in [-0.2, -0.15) is 0 Å². The lowest BCUT2D eigenvalue weighted by molar-refractivity contribution is -0.140. The van der Waals surface area contributed by atoms with Crippen LogP contribution < -0.4 is 9.88 Å². The molecule has 2 aromatic rings. The molecular formula is C19H27N3O4S2. The summed E-state index contributed by atoms with van der Waals surface area (Å²) >= 11 is 0.971. The topological polar surface area (TPSA) is 103 Å². The second-order valence-electron chi connectivity index (χ2n) is 7.28. The van der Waals surface area contributed by atoms with E-state index in [-0.39, 0.29) is 16.2 Å². The van der Waals surface area contributed by atoms with Gasteiger partial charge in [-0.05, 0) is 56.8 Å². The van der Waals surface area contributed by atoms with Crippen molar-refractivity contribution in [3.63, 3.8) is 0 Å². The molecule has 0 unspecified atom stereocenters. The molecule has 0 saturated heterocycles. The van der Waals surface area contributed by atoms with Gasteiger partial charge in [0.05, 0.1) is 16.1 Å². The number of primary sulfonamides is 1. The average molecular weight is 426 g/mol. The van der Waals surface area contributed by atoms with E-state index in [1.54, 1.807) is 18.2 Å². The Hall–Kier alpha value is -1.55. The lowest BCUT2D eigenvalue weighted by Gasteiger charge is -2.31. The third-order valence-corrected chi connectivity index (χ3v) is 7.73. The van der Waals surface area contributed by atoms with E-state index in [1.165, 1.54) is 0 Å². The first kappa shape index (κ1) is 21.2. The Morgan fingerprint density at radius 3 is 2.54 bits per heavy atom. The van der Waals surface area contributed by atoms with Gasteiger partial charge >= 0.3 is 5.97 Å². The van der Waals surface area contributed by atoms with E-state index in [1.807, 2.05) is 0 Å². The zero-order chi connectivity index (χ0) is 20.3. The highest BCUT2D eigenvalue weighted by Gasteiger charge is 2.28. The SMILES string of the molecule is CCN(CC)CC1CCC(C(=O)Oc2ccc3nc(S(N)(=O)=O)sc3c2)CC1. The first-order chi connectivity index (χ1) is 13.3. The number of benzene rings is 1. The van der Waals surface area contributed by atoms with Crippen molar-refractivity contribution in [1.29, 1.82) is 0 Å². The van der Waals surface area contributed by atoms with Crippen LogP contribution in [-0.2, 0) is 14.8 Å². The molecule has 1 aliphatic carbocycles. The number of esters is 1. The molecule has 1 aromatic carbocycles. The molecule has 0 spiro atoms. The first-order valence-electron chi connectivity index (χ1n) is 9.67. The first-order valence-corrected chi connectivity index (χ1v) is 12.0. The molecule has 0 amide bonds. The van der Waals surface area contributed by atoms with Crippen LogP contribution in [0.5, 0.6) is 5.75 Å². The monoisotopic (exact) mass is 425 g/mol. The molecule has 7 nitrogen and oxygen atoms in total. The standard InChI is InChI=1S/C19H27N3O4S2/c1-3-22(4-2)12-13-5-7-14(8-6-13)18(23)26-15-9-10-16-17(11-15)27-19(21-16)28(20,24)25/h9-11,13-14H,3-8,12H2,1-2H3,(H2,20,24,25). The second kappa shape index (κ2) is 8.86. The van der Waals surface area contributed by atoms with Gasteiger partial charge in [0.1, 0.15) is 5.75 Å². The van der Waals surface area contributed by atoms with Crippen molar-refractivity contribution in [3.8, 4) is 5.75 Å². The number of rotatable bonds is 7. The minimum absolute atomic E-state index is 0.0786. The largest absolute Gasteiger partial charge is 0.426 e. The van der Waals surface area contributed by atoms with Crippen LogP contribution in [0.3, 0.4) is 0 Å². The Morgan fingerprint density at radius 2 is 1.93 bits per heavy atom. The predicted octanol–water partition coefficient (Wildman–Crippen LogP) is 3.00. The van der Waals surface area contributed by atoms with Gasteiger partial charge in [-0.3, -0.25) is 4.79 Å². The van der Waals surface area contributed by atoms with Crippen molar-refractivity contribution in [2.24, 2.45) is 17.0 Å². The molecule has 154 valence electrons. The average Bonchev–Trinajstić information content (AvgIpc) is 3.10. The molecule has 1 aliphatic rings. The van der Waals surface area contributed by atoms with Crippen molar-refractivity contribution >= 4 is 37.5 Å². The predicted molar refractivity (Wildman–Crippen MR) is 110 cm³/mol. The zero-order valence-electron chi connectivity index (χ0n) is 16.3. The van der Waals surface area contributed by atoms with Crippen molar-refractivity contribution in [1.82, 2.24) is 9.88 Å². The normalized spacial score (nSPS) is 20.6. The van der Waals surface area contributed by atoms with Crippen LogP contribution in [0.4, 0.5) is 0 Å². The Morgan fingerprint density at radius 1 is 1.25 bits per heavy atom. The summed E-state index contributed by atoms with van der Waals surface area (Å²) in [7, 11) is -3.84. The number of carbonyl (C=O) groups is 1. The molecule has 1 heterocycles. The maximum atomic E-state index is 12.5. The molecule has 1 saturated carbocycles. The van der Waals surface area contributed by atoms with E-state index < -0.39 is 10.0 Å². The van der Waals surface area contributed by atoms with Gasteiger partial charge in [0.15, 0.2) is 0 Å². The summed E-state index contributed by atoms with van der Waals surface area (Å²) in [6.07, 6.45) is 3.79. The summed E-state index contributed by atoms with van der Waals surface area (Å²) in [5.74, 6) is 0.767. The molecule has 1 aromatic heterocycles. The summed E-state index contributed by atoms with van der Waals surface area (Å²) in [5, 5.41) is 5.13. The van der Waals surface area contributed by atoms with Crippen molar-refractivity contribution in [2.45, 2.75) is 43.9 Å². The molecule has 2 N–H and O–H groups in total. The number of aromatic nitrogens is 1. The van der Waals surface area contributed by atoms with E-state index >= 15 is 0 Å². The fourth-order valence-corrected chi connectivity index (χ4v) is 5.38. The number of hydrogen-bond acceptors (Lipinski definition) is 7. The lowest BCUT2D eigenvalue weighted by atomic mass is 9.82. The molecule has 0 bridgehead atoms. The van der Waals surface area contributed by atoms with Crippen molar-refractivity contribution in [2.75, 3.05) is 19.6 Å². The Balaban J connectivity index is 1.59. The number of fused-ring (bicyclic) bond motifs is 1. The van der Waals surface area contributed by atoms with Gasteiger partial charge in [0.2, 0.25) is 4.34 Å². The van der Waals surface area contributed by atoms with Crippen LogP contribution in [0.25, 0.3) is 10.2 Å². The molecule has 0 atom stereocenters. The Bertz CT molecular complexity index is 930. The van der Waals surface area contributed by atoms with Crippen LogP contribution in [0.1, 0.15) is 39.5 Å². The van der Waals surface area contributed by atoms with Crippen molar-refractivity contribution < 1.29 is 17.9 Å². The second-order valence-corrected chi connectivity index (χ2v) is 10.0. The number of nitrogens with zero attached hydrogens (tertiary/aromatic N) is 2. The number of hydrogen-bond donors (Lipinski definition) is 1. The smallest absolute Gasteiger partial charge is 0.314 e. The number of nitrogens with two attached hydrogens (primary N) is 1. The van der Waals surface area contributed by atoms with E-state index in [0.717, 1.165) is 56.7 Å². The number of ether oxygens (including phenoxy) is 1. The molecule has 1 fully saturated rings. The number of thiazole rings is 1. The molecule has 9 heteroatoms. The van der Waals surface area contributed by atoms with E-state index in [4.69, 9.17) is 9.88 Å². The van der Waals surface area contributed by atoms with Crippen LogP contribution in [0.15, 0.2) is 22.5 Å². The van der Waals surface area contributed by atoms with Gasteiger partial charge in [-0.1, -0.05) is 13.8 Å². The zero-order valence-corrected chi connectivity index (χ0v) is 17.9. The molecule has 0 radical (unpaired) electrons. The van der Waals surface area contributed by atoms with E-state index in [0.29, 0.717) is 21.9 Å². The third kappa shape index (κ3) is 5.08. The summed E-state index contributed by atoms with van der Waals surface area (Å²) in [4.78, 5) is 19.0. The van der Waals surface area contributed by atoms with Gasteiger partial charge in [-0.25, -0.2) is 18.5 Å². The van der Waals surface area contributed by atoms with Gasteiger partial charge in [-0.15, -0.1) is 11.3 Å². The van der Waals surface area contributed by atoms with Gasteiger partial charge in [0, 0.05) is 12.6 Å². The highest BCUT2D eigenvalue weighted by molar-refractivity contribution is 7.91. The minimum Gasteiger partial charge on any atom is -0.426 e. The summed E-state index contributed by atoms with van der Waals surface area (Å²) in [6.45, 7) is 7.58. The highest BCUT2D eigenvalue weighted by atomic mass is 32.2. The van der Waals surface area contributed by atoms with Gasteiger partial charge < -0.3 is 9.64 Å². The summed E-state index contributed by atoms with van der Waals surface area (Å²) < 4.78 is 28.9. The van der Waals surface area contributed by atoms with E-state index in [9.17, 15) is 13.2 Å². The molecule has 0 aliphatic heterocycles. The maximum absolute atomic E-state index is 12.5. The van der Waals surface area contributed by atoms with Crippen LogP contribution in [0.2, 0.25) is 0 Å². The van der Waals surface area contributed by atoms with E-state index in [2.05, 4.69) is 23.7 Å². The summed E-state index contributed by atoms with van der Waals surface area (Å²) in [5.41, 5.74) is 0.519. The fourth-order valence-electron chi connectivity index (χ4n) is 3.70. The number of carbonyl (C=O) groups excluding carboxylic acids is 1. The maximum Gasteiger partial charge on any atom is 0.314 e. The Labute approximate surface area is 169 Å². The summed E-state index contributed by atoms with van der Waals surface area (Å²) in [6, 6.07) is 4.93. The molecule has 3 rings (SSSR count). The molecular weight excluding hydrogens is 398 g/mol. The lowest BCUT2D eigenvalue weighted by Crippen LogP contribution is -2.33. The van der Waals surface area contributed by atoms with Crippen molar-refractivity contribution in [3.05, 3.63) is 18.2 Å². The minimum atomic E-state index is -3.84. The van der Waals surface area contributed by atoms with Crippen LogP contribution in [-0.4, -0.2) is 43.9 Å². The number of sulfonamides is 1. The highest BCUT2D eigenvalue weighted by Crippen LogP contribution is 2.32. The fraction of sp³-hybridized carbons (Fsp3) is 0.579. The van der Waals surface area contributed by atoms with Gasteiger partial charge in [0.25, 0.3) is 10.0 Å². The molecule has 28 heavy (non-hydrogen) atoms. The van der Waals surface area contributed by atoms with Crippen LogP contribution >= 0.6 is 11.3 Å².